The molecule has 1 aromatic carbocycles. The van der Waals surface area contributed by atoms with Crippen molar-refractivity contribution >= 4 is 29.4 Å². The Morgan fingerprint density at radius 3 is 2.50 bits per heavy atom. The number of amides is 4. The number of nitrogens with zero attached hydrogens (tertiary/aromatic N) is 1. The summed E-state index contributed by atoms with van der Waals surface area (Å²) < 4.78 is 11.0. The molecule has 0 bridgehead atoms. The van der Waals surface area contributed by atoms with Crippen molar-refractivity contribution in [1.82, 2.24) is 15.5 Å². The first kappa shape index (κ1) is 22.2. The highest BCUT2D eigenvalue weighted by Crippen LogP contribution is 2.40. The molecule has 4 amide bonds. The first-order chi connectivity index (χ1) is 14.3. The number of benzene rings is 1. The number of carbonyl (C=O) groups is 3. The van der Waals surface area contributed by atoms with Gasteiger partial charge in [0.05, 0.1) is 13.7 Å². The SMILES string of the molecule is CCOc1cc(C2CCN(C(=O)CC[C@@]3(C)NC(=O)NC3=O)CC2)cc(OC)c1Cl. The van der Waals surface area contributed by atoms with E-state index in [1.165, 1.54) is 0 Å². The third-order valence-electron chi connectivity index (χ3n) is 5.82. The van der Waals surface area contributed by atoms with Gasteiger partial charge in [0.15, 0.2) is 0 Å². The lowest BCUT2D eigenvalue weighted by Crippen LogP contribution is -2.45. The van der Waals surface area contributed by atoms with Gasteiger partial charge in [-0.25, -0.2) is 4.79 Å². The van der Waals surface area contributed by atoms with Gasteiger partial charge in [0, 0.05) is 19.5 Å². The molecule has 2 aliphatic rings. The van der Waals surface area contributed by atoms with Crippen molar-refractivity contribution < 1.29 is 23.9 Å². The molecule has 1 aromatic rings. The van der Waals surface area contributed by atoms with Crippen LogP contribution in [0.4, 0.5) is 4.79 Å². The van der Waals surface area contributed by atoms with E-state index in [4.69, 9.17) is 21.1 Å². The van der Waals surface area contributed by atoms with E-state index in [2.05, 4.69) is 10.6 Å². The first-order valence-corrected chi connectivity index (χ1v) is 10.6. The van der Waals surface area contributed by atoms with Gasteiger partial charge in [0.25, 0.3) is 5.91 Å². The number of hydrogen-bond acceptors (Lipinski definition) is 5. The molecule has 30 heavy (non-hydrogen) atoms. The predicted octanol–water partition coefficient (Wildman–Crippen LogP) is 2.83. The Labute approximate surface area is 181 Å². The van der Waals surface area contributed by atoms with E-state index in [-0.39, 0.29) is 30.6 Å². The molecule has 2 heterocycles. The molecule has 0 spiro atoms. The smallest absolute Gasteiger partial charge is 0.322 e. The van der Waals surface area contributed by atoms with Crippen LogP contribution in [0.5, 0.6) is 11.5 Å². The highest BCUT2D eigenvalue weighted by molar-refractivity contribution is 6.33. The number of rotatable bonds is 7. The number of hydrogen-bond donors (Lipinski definition) is 2. The fourth-order valence-corrected chi connectivity index (χ4v) is 4.21. The number of ether oxygens (including phenoxy) is 2. The zero-order valence-corrected chi connectivity index (χ0v) is 18.3. The Bertz CT molecular complexity index is 838. The second kappa shape index (κ2) is 9.12. The summed E-state index contributed by atoms with van der Waals surface area (Å²) in [5.41, 5.74) is 0.0605. The van der Waals surface area contributed by atoms with Crippen LogP contribution in [0, 0.1) is 0 Å². The minimum absolute atomic E-state index is 0.00711. The summed E-state index contributed by atoms with van der Waals surface area (Å²) in [6, 6.07) is 3.38. The Hall–Kier alpha value is -2.48. The summed E-state index contributed by atoms with van der Waals surface area (Å²) >= 11 is 6.32. The van der Waals surface area contributed by atoms with E-state index >= 15 is 0 Å². The summed E-state index contributed by atoms with van der Waals surface area (Å²) in [7, 11) is 1.58. The fourth-order valence-electron chi connectivity index (χ4n) is 3.97. The van der Waals surface area contributed by atoms with Gasteiger partial charge < -0.3 is 19.7 Å². The van der Waals surface area contributed by atoms with Crippen molar-refractivity contribution in [3.05, 3.63) is 22.7 Å². The van der Waals surface area contributed by atoms with Crippen molar-refractivity contribution in [2.75, 3.05) is 26.8 Å². The van der Waals surface area contributed by atoms with E-state index in [1.807, 2.05) is 24.0 Å². The number of likely N-dealkylation sites (tertiary alicyclic amines) is 1. The fraction of sp³-hybridized carbons (Fsp3) is 0.571. The molecule has 9 heteroatoms. The largest absolute Gasteiger partial charge is 0.495 e. The van der Waals surface area contributed by atoms with Gasteiger partial charge in [-0.3, -0.25) is 14.9 Å². The van der Waals surface area contributed by atoms with Gasteiger partial charge in [-0.2, -0.15) is 0 Å². The van der Waals surface area contributed by atoms with Crippen molar-refractivity contribution in [2.45, 2.75) is 51.0 Å². The molecule has 8 nitrogen and oxygen atoms in total. The number of methoxy groups -OCH3 is 1. The van der Waals surface area contributed by atoms with Gasteiger partial charge >= 0.3 is 6.03 Å². The van der Waals surface area contributed by atoms with E-state index in [0.29, 0.717) is 36.2 Å². The summed E-state index contributed by atoms with van der Waals surface area (Å²) in [6.07, 6.45) is 2.11. The molecule has 2 aliphatic heterocycles. The van der Waals surface area contributed by atoms with Crippen molar-refractivity contribution in [1.29, 1.82) is 0 Å². The molecule has 2 saturated heterocycles. The van der Waals surface area contributed by atoms with Gasteiger partial charge in [-0.15, -0.1) is 0 Å². The lowest BCUT2D eigenvalue weighted by atomic mass is 9.88. The first-order valence-electron chi connectivity index (χ1n) is 10.2. The zero-order valence-electron chi connectivity index (χ0n) is 17.5. The topological polar surface area (TPSA) is 97.0 Å². The summed E-state index contributed by atoms with van der Waals surface area (Å²) in [5.74, 6) is 1.07. The lowest BCUT2D eigenvalue weighted by Gasteiger charge is -2.33. The molecular weight excluding hydrogens is 410 g/mol. The number of imide groups is 1. The number of halogens is 1. The van der Waals surface area contributed by atoms with Crippen LogP contribution in [0.2, 0.25) is 5.02 Å². The maximum absolute atomic E-state index is 12.6. The standard InChI is InChI=1S/C21H28ClN3O5/c1-4-30-16-12-14(11-15(29-3)18(16)22)13-6-9-25(10-7-13)17(26)5-8-21(2)19(27)23-20(28)24-21/h11-13H,4-10H2,1-3H3,(H2,23,24,27,28)/t21-/m1/s1. The summed E-state index contributed by atoms with van der Waals surface area (Å²) in [4.78, 5) is 37.7. The average Bonchev–Trinajstić information content (AvgIpc) is 2.99. The Kier molecular flexibility index (Phi) is 6.75. The molecule has 2 fully saturated rings. The van der Waals surface area contributed by atoms with Crippen LogP contribution in [-0.4, -0.2) is 55.1 Å². The molecule has 0 unspecified atom stereocenters. The second-order valence-corrected chi connectivity index (χ2v) is 8.24. The molecule has 3 rings (SSSR count). The quantitative estimate of drug-likeness (QED) is 0.639. The predicted molar refractivity (Wildman–Crippen MR) is 112 cm³/mol. The van der Waals surface area contributed by atoms with Gasteiger partial charge in [0.1, 0.15) is 22.1 Å². The highest BCUT2D eigenvalue weighted by Gasteiger charge is 2.42. The second-order valence-electron chi connectivity index (χ2n) is 7.86. The van der Waals surface area contributed by atoms with Gasteiger partial charge in [0.2, 0.25) is 5.91 Å². The molecule has 1 atom stereocenters. The molecule has 0 aliphatic carbocycles. The van der Waals surface area contributed by atoms with Crippen molar-refractivity contribution in [3.8, 4) is 11.5 Å². The Balaban J connectivity index is 1.58. The summed E-state index contributed by atoms with van der Waals surface area (Å²) in [6.45, 7) is 5.31. The van der Waals surface area contributed by atoms with Gasteiger partial charge in [-0.1, -0.05) is 11.6 Å². The molecule has 2 N–H and O–H groups in total. The van der Waals surface area contributed by atoms with E-state index in [9.17, 15) is 14.4 Å². The molecule has 0 radical (unpaired) electrons. The third kappa shape index (κ3) is 4.64. The van der Waals surface area contributed by atoms with Crippen LogP contribution in [0.3, 0.4) is 0 Å². The zero-order chi connectivity index (χ0) is 21.9. The van der Waals surface area contributed by atoms with E-state index in [0.717, 1.165) is 18.4 Å². The van der Waals surface area contributed by atoms with Crippen molar-refractivity contribution in [2.24, 2.45) is 0 Å². The lowest BCUT2D eigenvalue weighted by molar-refractivity contribution is -0.133. The number of piperidine rings is 1. The molecule has 0 aromatic heterocycles. The Morgan fingerprint density at radius 2 is 1.93 bits per heavy atom. The normalized spacial score (nSPS) is 21.9. The van der Waals surface area contributed by atoms with Crippen LogP contribution in [-0.2, 0) is 9.59 Å². The maximum atomic E-state index is 12.6. The Morgan fingerprint density at radius 1 is 1.27 bits per heavy atom. The third-order valence-corrected chi connectivity index (χ3v) is 6.20. The van der Waals surface area contributed by atoms with Crippen LogP contribution in [0.15, 0.2) is 12.1 Å². The van der Waals surface area contributed by atoms with E-state index in [1.54, 1.807) is 14.0 Å². The number of urea groups is 1. The summed E-state index contributed by atoms with van der Waals surface area (Å²) in [5, 5.41) is 5.28. The number of nitrogens with one attached hydrogen (secondary N) is 2. The van der Waals surface area contributed by atoms with Crippen LogP contribution in [0.1, 0.15) is 51.0 Å². The van der Waals surface area contributed by atoms with Crippen LogP contribution < -0.4 is 20.1 Å². The monoisotopic (exact) mass is 437 g/mol. The molecule has 164 valence electrons. The van der Waals surface area contributed by atoms with Crippen LogP contribution >= 0.6 is 11.6 Å². The maximum Gasteiger partial charge on any atom is 0.322 e. The highest BCUT2D eigenvalue weighted by atomic mass is 35.5. The number of carbonyl (C=O) groups excluding carboxylic acids is 3. The van der Waals surface area contributed by atoms with Crippen LogP contribution in [0.25, 0.3) is 0 Å². The van der Waals surface area contributed by atoms with E-state index < -0.39 is 11.6 Å². The average molecular weight is 438 g/mol. The van der Waals surface area contributed by atoms with Crippen molar-refractivity contribution in [3.63, 3.8) is 0 Å². The minimum Gasteiger partial charge on any atom is -0.495 e. The molecule has 0 saturated carbocycles. The minimum atomic E-state index is -1.03. The molecular formula is C21H28ClN3O5. The van der Waals surface area contributed by atoms with Gasteiger partial charge in [-0.05, 0) is 56.7 Å².